The molecule has 2 aromatic rings. The van der Waals surface area contributed by atoms with Gasteiger partial charge in [0.05, 0.1) is 7.05 Å². The van der Waals surface area contributed by atoms with Crippen LogP contribution in [0.4, 0.5) is 0 Å². The van der Waals surface area contributed by atoms with Gasteiger partial charge in [-0.05, 0) is 19.4 Å². The van der Waals surface area contributed by atoms with Crippen molar-refractivity contribution in [2.45, 2.75) is 26.3 Å². The molecule has 2 atom stereocenters. The van der Waals surface area contributed by atoms with Crippen LogP contribution in [-0.4, -0.2) is 42.9 Å². The molecule has 0 spiro atoms. The van der Waals surface area contributed by atoms with Gasteiger partial charge in [-0.15, -0.1) is 0 Å². The molecule has 1 amide bonds. The zero-order chi connectivity index (χ0) is 16.1. The molecule has 0 radical (unpaired) electrons. The van der Waals surface area contributed by atoms with E-state index in [2.05, 4.69) is 10.3 Å². The normalized spacial score (nSPS) is 13.8. The van der Waals surface area contributed by atoms with Crippen molar-refractivity contribution >= 4 is 22.6 Å². The largest absolute Gasteiger partial charge is 0.360 e. The van der Waals surface area contributed by atoms with E-state index in [9.17, 15) is 9.59 Å². The molecule has 0 aliphatic rings. The van der Waals surface area contributed by atoms with Gasteiger partial charge < -0.3 is 15.2 Å². The number of H-pyrrole nitrogens is 1. The maximum absolute atomic E-state index is 12.7. The summed E-state index contributed by atoms with van der Waals surface area (Å²) in [5, 5.41) is 3.78. The van der Waals surface area contributed by atoms with E-state index in [0.717, 1.165) is 22.2 Å². The Bertz CT molecular complexity index is 663. The van der Waals surface area contributed by atoms with Crippen LogP contribution < -0.4 is 10.2 Å². The Labute approximate surface area is 130 Å². The molecular formula is C17H24N3O2+. The van der Waals surface area contributed by atoms with Gasteiger partial charge in [-0.25, -0.2) is 0 Å². The van der Waals surface area contributed by atoms with Gasteiger partial charge in [-0.3, -0.25) is 9.59 Å². The molecule has 1 aromatic heterocycles. The number of fused-ring (bicyclic) bond motifs is 1. The summed E-state index contributed by atoms with van der Waals surface area (Å²) in [6.07, 6.45) is 2.67. The third kappa shape index (κ3) is 3.54. The fraction of sp³-hybridized carbons (Fsp3) is 0.412. The van der Waals surface area contributed by atoms with E-state index in [-0.39, 0.29) is 17.7 Å². The van der Waals surface area contributed by atoms with Crippen LogP contribution in [0.25, 0.3) is 10.9 Å². The number of para-hydroxylation sites is 1. The highest BCUT2D eigenvalue weighted by Gasteiger charge is 2.26. The van der Waals surface area contributed by atoms with Gasteiger partial charge in [-0.2, -0.15) is 0 Å². The molecule has 5 nitrogen and oxygen atoms in total. The first-order valence-electron chi connectivity index (χ1n) is 7.74. The van der Waals surface area contributed by atoms with Gasteiger partial charge >= 0.3 is 0 Å². The lowest BCUT2D eigenvalue weighted by atomic mass is 10.0. The third-order valence-corrected chi connectivity index (χ3v) is 4.00. The molecule has 0 aliphatic heterocycles. The summed E-state index contributed by atoms with van der Waals surface area (Å²) >= 11 is 0. The van der Waals surface area contributed by atoms with Gasteiger partial charge in [0.1, 0.15) is 6.04 Å². The molecule has 118 valence electrons. The Morgan fingerprint density at radius 3 is 2.77 bits per heavy atom. The highest BCUT2D eigenvalue weighted by molar-refractivity contribution is 6.09. The van der Waals surface area contributed by atoms with E-state index >= 15 is 0 Å². The quantitative estimate of drug-likeness (QED) is 0.662. The van der Waals surface area contributed by atoms with Crippen LogP contribution in [-0.2, 0) is 4.79 Å². The summed E-state index contributed by atoms with van der Waals surface area (Å²) in [7, 11) is 1.88. The van der Waals surface area contributed by atoms with E-state index in [1.807, 2.05) is 45.2 Å². The Morgan fingerprint density at radius 2 is 2.05 bits per heavy atom. The Balaban J connectivity index is 2.06. The number of ketones is 1. The molecule has 0 fully saturated rings. The first kappa shape index (κ1) is 16.2. The number of rotatable bonds is 7. The van der Waals surface area contributed by atoms with Crippen molar-refractivity contribution in [3.8, 4) is 0 Å². The van der Waals surface area contributed by atoms with Crippen molar-refractivity contribution in [3.63, 3.8) is 0 Å². The number of aromatic amines is 1. The maximum Gasteiger partial charge on any atom is 0.275 e. The number of carbonyl (C=O) groups is 2. The van der Waals surface area contributed by atoms with Gasteiger partial charge in [0, 0.05) is 29.2 Å². The number of Topliss-reactive ketones (excluding diaryl/α,β-unsaturated/α-hetero) is 1. The Hall–Kier alpha value is -2.14. The summed E-state index contributed by atoms with van der Waals surface area (Å²) in [6, 6.07) is 7.48. The molecule has 0 aliphatic carbocycles. The average molecular weight is 302 g/mol. The van der Waals surface area contributed by atoms with Crippen molar-refractivity contribution < 1.29 is 14.5 Å². The second-order valence-electron chi connectivity index (χ2n) is 5.71. The molecule has 1 aromatic carbocycles. The first-order chi connectivity index (χ1) is 10.5. The zero-order valence-electron chi connectivity index (χ0n) is 13.4. The predicted molar refractivity (Wildman–Crippen MR) is 87.1 cm³/mol. The van der Waals surface area contributed by atoms with E-state index in [1.54, 1.807) is 6.20 Å². The van der Waals surface area contributed by atoms with Gasteiger partial charge in [0.25, 0.3) is 5.91 Å². The second kappa shape index (κ2) is 7.22. The summed E-state index contributed by atoms with van der Waals surface area (Å²) in [4.78, 5) is 28.5. The van der Waals surface area contributed by atoms with Crippen LogP contribution in [0.1, 0.15) is 30.6 Å². The maximum atomic E-state index is 12.7. The van der Waals surface area contributed by atoms with E-state index < -0.39 is 0 Å². The number of benzene rings is 1. The number of likely N-dealkylation sites (N-methyl/N-ethyl adjacent to an activating group) is 1. The summed E-state index contributed by atoms with van der Waals surface area (Å²) in [5.41, 5.74) is 1.65. The number of amides is 1. The molecule has 1 heterocycles. The van der Waals surface area contributed by atoms with Crippen LogP contribution in [0.3, 0.4) is 0 Å². The van der Waals surface area contributed by atoms with E-state index in [1.165, 1.54) is 0 Å². The molecule has 3 N–H and O–H groups in total. The fourth-order valence-electron chi connectivity index (χ4n) is 2.47. The van der Waals surface area contributed by atoms with Gasteiger partial charge in [-0.1, -0.05) is 25.1 Å². The minimum absolute atomic E-state index is 0.0158. The molecule has 0 saturated carbocycles. The van der Waals surface area contributed by atoms with Crippen molar-refractivity contribution in [2.24, 2.45) is 0 Å². The summed E-state index contributed by atoms with van der Waals surface area (Å²) in [6.45, 7) is 4.86. The van der Waals surface area contributed by atoms with Crippen molar-refractivity contribution in [1.82, 2.24) is 10.3 Å². The topological polar surface area (TPSA) is 66.4 Å². The average Bonchev–Trinajstić information content (AvgIpc) is 2.95. The molecule has 1 unspecified atom stereocenters. The second-order valence-corrected chi connectivity index (χ2v) is 5.71. The number of aromatic nitrogens is 1. The minimum atomic E-state index is -0.272. The lowest BCUT2D eigenvalue weighted by Gasteiger charge is -2.20. The fourth-order valence-corrected chi connectivity index (χ4v) is 2.47. The van der Waals surface area contributed by atoms with Crippen molar-refractivity contribution in [2.75, 3.05) is 20.1 Å². The Kier molecular flexibility index (Phi) is 5.33. The number of hydrogen-bond donors (Lipinski definition) is 3. The number of quaternary nitrogens is 1. The zero-order valence-corrected chi connectivity index (χ0v) is 13.4. The smallest absolute Gasteiger partial charge is 0.275 e. The standard InChI is InChI=1S/C17H23N3O2/c1-4-9-18-16(21)11-20(3)12(2)17(22)14-10-19-15-8-6-5-7-13(14)15/h5-8,10,12,19H,4,9,11H2,1-3H3,(H,18,21)/p+1/t12-/m0/s1. The summed E-state index contributed by atoms with van der Waals surface area (Å²) in [5.74, 6) is 0.0381. The van der Waals surface area contributed by atoms with Crippen LogP contribution >= 0.6 is 0 Å². The van der Waals surface area contributed by atoms with Crippen molar-refractivity contribution in [1.29, 1.82) is 0 Å². The molecule has 5 heteroatoms. The van der Waals surface area contributed by atoms with Crippen LogP contribution in [0.5, 0.6) is 0 Å². The lowest BCUT2D eigenvalue weighted by Crippen LogP contribution is -3.14. The summed E-state index contributed by atoms with van der Waals surface area (Å²) < 4.78 is 0. The SMILES string of the molecule is CCCNC(=O)C[NH+](C)[C@@H](C)C(=O)c1c[nH]c2ccccc12. The highest BCUT2D eigenvalue weighted by Crippen LogP contribution is 2.18. The number of carbonyl (C=O) groups excluding carboxylic acids is 2. The van der Waals surface area contributed by atoms with Crippen molar-refractivity contribution in [3.05, 3.63) is 36.0 Å². The third-order valence-electron chi connectivity index (χ3n) is 4.00. The van der Waals surface area contributed by atoms with Crippen LogP contribution in [0.15, 0.2) is 30.5 Å². The number of hydrogen-bond acceptors (Lipinski definition) is 2. The van der Waals surface area contributed by atoms with Crippen LogP contribution in [0.2, 0.25) is 0 Å². The molecular weight excluding hydrogens is 278 g/mol. The lowest BCUT2D eigenvalue weighted by molar-refractivity contribution is -0.885. The Morgan fingerprint density at radius 1 is 1.32 bits per heavy atom. The van der Waals surface area contributed by atoms with Gasteiger partial charge in [0.15, 0.2) is 6.54 Å². The van der Waals surface area contributed by atoms with E-state index in [4.69, 9.17) is 0 Å². The monoisotopic (exact) mass is 302 g/mol. The van der Waals surface area contributed by atoms with E-state index in [0.29, 0.717) is 18.7 Å². The highest BCUT2D eigenvalue weighted by atomic mass is 16.2. The van der Waals surface area contributed by atoms with Gasteiger partial charge in [0.2, 0.25) is 5.78 Å². The molecule has 0 saturated heterocycles. The van der Waals surface area contributed by atoms with Crippen LogP contribution in [0, 0.1) is 0 Å². The predicted octanol–water partition coefficient (Wildman–Crippen LogP) is 0.780. The molecule has 22 heavy (non-hydrogen) atoms. The first-order valence-corrected chi connectivity index (χ1v) is 7.74. The number of nitrogens with one attached hydrogen (secondary N) is 3. The molecule has 0 bridgehead atoms. The minimum Gasteiger partial charge on any atom is -0.360 e. The molecule has 2 rings (SSSR count).